The van der Waals surface area contributed by atoms with Gasteiger partial charge in [-0.15, -0.1) is 0 Å². The van der Waals surface area contributed by atoms with Gasteiger partial charge in [0.1, 0.15) is 5.71 Å². The van der Waals surface area contributed by atoms with Crippen molar-refractivity contribution < 1.29 is 23.9 Å². The molecule has 1 aromatic carbocycles. The van der Waals surface area contributed by atoms with Crippen LogP contribution in [0.3, 0.4) is 0 Å². The molecule has 0 bridgehead atoms. The Balaban J connectivity index is 1.91. The number of anilines is 1. The highest BCUT2D eigenvalue weighted by Gasteiger charge is 2.24. The van der Waals surface area contributed by atoms with Crippen LogP contribution in [0.2, 0.25) is 0 Å². The number of nitrogens with zero attached hydrogens (tertiary/aromatic N) is 1. The minimum Gasteiger partial charge on any atom is -0.448 e. The monoisotopic (exact) mass is 332 g/mol. The van der Waals surface area contributed by atoms with E-state index in [9.17, 15) is 19.2 Å². The van der Waals surface area contributed by atoms with Crippen LogP contribution in [0.15, 0.2) is 29.4 Å². The first-order valence-electron chi connectivity index (χ1n) is 7.14. The fourth-order valence-corrected chi connectivity index (χ4v) is 1.87. The number of hydrogen-bond donors (Lipinski definition) is 3. The molecule has 1 atom stereocenters. The first kappa shape index (κ1) is 17.1. The molecule has 9 heteroatoms. The highest BCUT2D eigenvalue weighted by Crippen LogP contribution is 2.11. The Bertz CT molecular complexity index is 711. The molecule has 0 fully saturated rings. The van der Waals surface area contributed by atoms with Crippen LogP contribution < -0.4 is 16.5 Å². The van der Waals surface area contributed by atoms with Crippen LogP contribution in [0.25, 0.3) is 0 Å². The summed E-state index contributed by atoms with van der Waals surface area (Å²) in [5, 5.41) is 6.15. The van der Waals surface area contributed by atoms with E-state index in [1.165, 1.54) is 31.2 Å². The van der Waals surface area contributed by atoms with E-state index in [1.54, 1.807) is 0 Å². The van der Waals surface area contributed by atoms with Crippen LogP contribution >= 0.6 is 0 Å². The Hall–Kier alpha value is -3.23. The van der Waals surface area contributed by atoms with Crippen molar-refractivity contribution >= 4 is 35.1 Å². The first-order valence-corrected chi connectivity index (χ1v) is 7.14. The van der Waals surface area contributed by atoms with Crippen LogP contribution in [0, 0.1) is 0 Å². The number of rotatable bonds is 5. The Labute approximate surface area is 137 Å². The highest BCUT2D eigenvalue weighted by molar-refractivity contribution is 6.37. The Kier molecular flexibility index (Phi) is 5.25. The Morgan fingerprint density at radius 3 is 2.46 bits per heavy atom. The van der Waals surface area contributed by atoms with Gasteiger partial charge in [0.05, 0.1) is 0 Å². The predicted molar refractivity (Wildman–Crippen MR) is 84.0 cm³/mol. The van der Waals surface area contributed by atoms with Crippen molar-refractivity contribution in [3.8, 4) is 0 Å². The van der Waals surface area contributed by atoms with Crippen molar-refractivity contribution in [2.24, 2.45) is 10.8 Å². The lowest BCUT2D eigenvalue weighted by Crippen LogP contribution is -2.35. The lowest BCUT2D eigenvalue weighted by Gasteiger charge is -2.16. The maximum absolute atomic E-state index is 12.0. The minimum absolute atomic E-state index is 0.0556. The van der Waals surface area contributed by atoms with Crippen molar-refractivity contribution in [3.63, 3.8) is 0 Å². The second-order valence-electron chi connectivity index (χ2n) is 5.07. The van der Waals surface area contributed by atoms with Gasteiger partial charge in [-0.1, -0.05) is 0 Å². The molecule has 0 unspecified atom stereocenters. The summed E-state index contributed by atoms with van der Waals surface area (Å²) in [7, 11) is 0. The van der Waals surface area contributed by atoms with Gasteiger partial charge in [-0.3, -0.25) is 14.4 Å². The van der Waals surface area contributed by atoms with E-state index in [2.05, 4.69) is 15.8 Å². The molecule has 0 aliphatic carbocycles. The zero-order valence-electron chi connectivity index (χ0n) is 12.9. The van der Waals surface area contributed by atoms with Gasteiger partial charge in [0.2, 0.25) is 11.8 Å². The summed E-state index contributed by atoms with van der Waals surface area (Å²) in [6.07, 6.45) is -0.762. The van der Waals surface area contributed by atoms with E-state index >= 15 is 0 Å². The molecule has 0 saturated heterocycles. The van der Waals surface area contributed by atoms with Gasteiger partial charge in [0, 0.05) is 24.1 Å². The molecule has 24 heavy (non-hydrogen) atoms. The largest absolute Gasteiger partial charge is 0.448 e. The molecule has 0 aromatic heterocycles. The molecule has 3 amide bonds. The van der Waals surface area contributed by atoms with Gasteiger partial charge >= 0.3 is 5.97 Å². The summed E-state index contributed by atoms with van der Waals surface area (Å²) in [5.41, 5.74) is 8.10. The maximum Gasteiger partial charge on any atom is 0.355 e. The van der Waals surface area contributed by atoms with Gasteiger partial charge in [-0.2, -0.15) is 5.10 Å². The number of esters is 1. The Morgan fingerprint density at radius 2 is 1.92 bits per heavy atom. The molecule has 2 rings (SSSR count). The molecular formula is C15H16N4O5. The SMILES string of the molecule is C[C@@H](OC(=O)C1=NNC(=O)CC1)C(=O)Nc1ccc(C(N)=O)cc1. The Morgan fingerprint density at radius 1 is 1.25 bits per heavy atom. The van der Waals surface area contributed by atoms with Gasteiger partial charge in [0.25, 0.3) is 5.91 Å². The second-order valence-corrected chi connectivity index (χ2v) is 5.07. The van der Waals surface area contributed by atoms with E-state index in [1.807, 2.05) is 0 Å². The summed E-state index contributed by atoms with van der Waals surface area (Å²) < 4.78 is 5.01. The minimum atomic E-state index is -1.06. The lowest BCUT2D eigenvalue weighted by molar-refractivity contribution is -0.146. The number of ether oxygens (including phenoxy) is 1. The topological polar surface area (TPSA) is 140 Å². The van der Waals surface area contributed by atoms with Crippen LogP contribution in [0.1, 0.15) is 30.1 Å². The van der Waals surface area contributed by atoms with Crippen molar-refractivity contribution in [1.29, 1.82) is 0 Å². The third kappa shape index (κ3) is 4.38. The summed E-state index contributed by atoms with van der Waals surface area (Å²) in [6, 6.07) is 5.95. The molecule has 1 aliphatic heterocycles. The predicted octanol–water partition coefficient (Wildman–Crippen LogP) is -0.0783. The average molecular weight is 332 g/mol. The van der Waals surface area contributed by atoms with Gasteiger partial charge < -0.3 is 15.8 Å². The maximum atomic E-state index is 12.0. The summed E-state index contributed by atoms with van der Waals surface area (Å²) in [6.45, 7) is 1.41. The standard InChI is InChI=1S/C15H16N4O5/c1-8(24-15(23)11-6-7-12(20)19-18-11)14(22)17-10-4-2-9(3-5-10)13(16)21/h2-5,8H,6-7H2,1H3,(H2,16,21)(H,17,22)(H,19,20)/t8-/m1/s1. The summed E-state index contributed by atoms with van der Waals surface area (Å²) in [5.74, 6) is -2.16. The number of carbonyl (C=O) groups is 4. The zero-order valence-corrected chi connectivity index (χ0v) is 12.9. The van der Waals surface area contributed by atoms with Gasteiger partial charge in [0.15, 0.2) is 6.10 Å². The van der Waals surface area contributed by atoms with Crippen LogP contribution in [-0.2, 0) is 19.1 Å². The van der Waals surface area contributed by atoms with Crippen molar-refractivity contribution in [2.45, 2.75) is 25.9 Å². The average Bonchev–Trinajstić information content (AvgIpc) is 2.55. The van der Waals surface area contributed by atoms with E-state index in [0.717, 1.165) is 0 Å². The number of benzene rings is 1. The smallest absolute Gasteiger partial charge is 0.355 e. The van der Waals surface area contributed by atoms with Crippen LogP contribution in [0.5, 0.6) is 0 Å². The third-order valence-corrected chi connectivity index (χ3v) is 3.23. The zero-order chi connectivity index (χ0) is 17.7. The molecule has 1 aromatic rings. The van der Waals surface area contributed by atoms with Crippen molar-refractivity contribution in [2.75, 3.05) is 5.32 Å². The number of hydrazone groups is 1. The van der Waals surface area contributed by atoms with Crippen molar-refractivity contribution in [1.82, 2.24) is 5.43 Å². The molecular weight excluding hydrogens is 316 g/mol. The van der Waals surface area contributed by atoms with Gasteiger partial charge in [-0.05, 0) is 31.2 Å². The number of nitrogens with two attached hydrogens (primary N) is 1. The quantitative estimate of drug-likeness (QED) is 0.647. The van der Waals surface area contributed by atoms with Gasteiger partial charge in [-0.25, -0.2) is 10.2 Å². The fraction of sp³-hybridized carbons (Fsp3) is 0.267. The summed E-state index contributed by atoms with van der Waals surface area (Å²) in [4.78, 5) is 45.8. The number of nitrogens with one attached hydrogen (secondary N) is 2. The molecule has 0 saturated carbocycles. The second kappa shape index (κ2) is 7.36. The number of hydrogen-bond acceptors (Lipinski definition) is 6. The molecule has 0 radical (unpaired) electrons. The number of amides is 3. The molecule has 0 spiro atoms. The molecule has 126 valence electrons. The molecule has 1 heterocycles. The first-order chi connectivity index (χ1) is 11.4. The molecule has 4 N–H and O–H groups in total. The third-order valence-electron chi connectivity index (χ3n) is 3.23. The van der Waals surface area contributed by atoms with E-state index in [-0.39, 0.29) is 24.5 Å². The highest BCUT2D eigenvalue weighted by atomic mass is 16.5. The normalized spacial score (nSPS) is 14.9. The van der Waals surface area contributed by atoms with Crippen LogP contribution in [0.4, 0.5) is 5.69 Å². The number of primary amides is 1. The van der Waals surface area contributed by atoms with E-state index in [4.69, 9.17) is 10.5 Å². The van der Waals surface area contributed by atoms with E-state index in [0.29, 0.717) is 11.3 Å². The fourth-order valence-electron chi connectivity index (χ4n) is 1.87. The summed E-state index contributed by atoms with van der Waals surface area (Å²) >= 11 is 0. The van der Waals surface area contributed by atoms with Crippen molar-refractivity contribution in [3.05, 3.63) is 29.8 Å². The number of carbonyl (C=O) groups excluding carboxylic acids is 4. The van der Waals surface area contributed by atoms with Crippen LogP contribution in [-0.4, -0.2) is 35.5 Å². The molecule has 9 nitrogen and oxygen atoms in total. The molecule has 1 aliphatic rings. The van der Waals surface area contributed by atoms with E-state index < -0.39 is 23.9 Å². The lowest BCUT2D eigenvalue weighted by atomic mass is 10.2.